The van der Waals surface area contributed by atoms with E-state index in [9.17, 15) is 5.11 Å². The van der Waals surface area contributed by atoms with E-state index in [0.29, 0.717) is 16.2 Å². The van der Waals surface area contributed by atoms with Gasteiger partial charge in [-0.1, -0.05) is 31.0 Å². The molecule has 0 spiro atoms. The summed E-state index contributed by atoms with van der Waals surface area (Å²) >= 11 is 5.99. The summed E-state index contributed by atoms with van der Waals surface area (Å²) in [7, 11) is 0. The van der Waals surface area contributed by atoms with Crippen LogP contribution in [-0.2, 0) is 6.42 Å². The minimum absolute atomic E-state index is 0.255. The average molecular weight is 316 g/mol. The molecule has 0 bridgehead atoms. The molecular weight excluding hydrogens is 298 g/mol. The predicted octanol–water partition coefficient (Wildman–Crippen LogP) is 4.43. The number of benzene rings is 2. The summed E-state index contributed by atoms with van der Waals surface area (Å²) in [6.07, 6.45) is 2.98. The molecule has 0 amide bonds. The van der Waals surface area contributed by atoms with Crippen LogP contribution in [-0.4, -0.2) is 20.1 Å². The van der Waals surface area contributed by atoms with Gasteiger partial charge in [-0.05, 0) is 55.2 Å². The molecule has 1 N–H and O–H groups in total. The number of fused-ring (bicyclic) bond motifs is 1. The first-order chi connectivity index (χ1) is 10.6. The van der Waals surface area contributed by atoms with Crippen LogP contribution in [0.5, 0.6) is 5.75 Å². The van der Waals surface area contributed by atoms with E-state index in [-0.39, 0.29) is 5.75 Å². The van der Waals surface area contributed by atoms with Crippen molar-refractivity contribution in [2.24, 2.45) is 0 Å². The Labute approximate surface area is 134 Å². The van der Waals surface area contributed by atoms with Crippen LogP contribution in [0.15, 0.2) is 30.3 Å². The van der Waals surface area contributed by atoms with Gasteiger partial charge < -0.3 is 5.11 Å². The summed E-state index contributed by atoms with van der Waals surface area (Å²) in [5.41, 5.74) is 4.09. The smallest absolute Gasteiger partial charge is 0.146 e. The number of phenolic OH excluding ortho intramolecular Hbond substituents is 1. The maximum Gasteiger partial charge on any atom is 0.146 e. The molecule has 0 radical (unpaired) electrons. The molecule has 3 rings (SSSR count). The lowest BCUT2D eigenvalue weighted by atomic mass is 10.0. The zero-order valence-corrected chi connectivity index (χ0v) is 13.4. The predicted molar refractivity (Wildman–Crippen MR) is 88.9 cm³/mol. The molecule has 0 saturated carbocycles. The normalized spacial score (nSPS) is 11.2. The average Bonchev–Trinajstić information content (AvgIpc) is 2.90. The molecule has 0 atom stereocenters. The van der Waals surface area contributed by atoms with Crippen molar-refractivity contribution in [3.63, 3.8) is 0 Å². The van der Waals surface area contributed by atoms with Crippen molar-refractivity contribution in [1.29, 1.82) is 0 Å². The van der Waals surface area contributed by atoms with Gasteiger partial charge in [0.25, 0.3) is 0 Å². The Morgan fingerprint density at radius 3 is 2.68 bits per heavy atom. The minimum atomic E-state index is 0.255. The lowest BCUT2D eigenvalue weighted by Crippen LogP contribution is -2.02. The van der Waals surface area contributed by atoms with Crippen LogP contribution in [0.25, 0.3) is 16.7 Å². The number of aromatic hydroxyl groups is 1. The molecule has 0 aliphatic rings. The number of hydrogen-bond acceptors (Lipinski definition) is 3. The van der Waals surface area contributed by atoms with Gasteiger partial charge in [0.05, 0.1) is 0 Å². The van der Waals surface area contributed by atoms with Gasteiger partial charge >= 0.3 is 0 Å². The molecule has 0 fully saturated rings. The van der Waals surface area contributed by atoms with Crippen LogP contribution in [0, 0.1) is 6.92 Å². The molecule has 114 valence electrons. The number of halogens is 1. The molecule has 3 aromatic rings. The van der Waals surface area contributed by atoms with E-state index in [4.69, 9.17) is 11.6 Å². The van der Waals surface area contributed by atoms with E-state index in [1.165, 1.54) is 4.80 Å². The fourth-order valence-corrected chi connectivity index (χ4v) is 2.71. The van der Waals surface area contributed by atoms with Gasteiger partial charge in [-0.2, -0.15) is 0 Å². The Hall–Kier alpha value is -2.07. The van der Waals surface area contributed by atoms with Gasteiger partial charge in [0.15, 0.2) is 0 Å². The van der Waals surface area contributed by atoms with Crippen molar-refractivity contribution < 1.29 is 5.11 Å². The Morgan fingerprint density at radius 1 is 1.14 bits per heavy atom. The number of unbranched alkanes of at least 4 members (excludes halogenated alkanes) is 1. The van der Waals surface area contributed by atoms with Gasteiger partial charge in [-0.3, -0.25) is 0 Å². The van der Waals surface area contributed by atoms with E-state index < -0.39 is 0 Å². The second kappa shape index (κ2) is 5.97. The van der Waals surface area contributed by atoms with Crippen LogP contribution in [0.4, 0.5) is 0 Å². The lowest BCUT2D eigenvalue weighted by Gasteiger charge is -2.10. The van der Waals surface area contributed by atoms with Gasteiger partial charge in [0, 0.05) is 5.02 Å². The molecule has 0 saturated heterocycles. The lowest BCUT2D eigenvalue weighted by molar-refractivity contribution is 0.459. The fraction of sp³-hybridized carbons (Fsp3) is 0.294. The quantitative estimate of drug-likeness (QED) is 0.774. The van der Waals surface area contributed by atoms with Crippen LogP contribution < -0.4 is 0 Å². The van der Waals surface area contributed by atoms with Crippen molar-refractivity contribution in [1.82, 2.24) is 15.0 Å². The standard InChI is InChI=1S/C17H18ClN3O/c1-3-4-5-12-8-11(2)9-16(17(12)22)21-19-14-7-6-13(18)10-15(14)20-21/h6-10,22H,3-5H2,1-2H3. The summed E-state index contributed by atoms with van der Waals surface area (Å²) in [6, 6.07) is 9.29. The topological polar surface area (TPSA) is 50.9 Å². The van der Waals surface area contributed by atoms with Crippen molar-refractivity contribution in [3.05, 3.63) is 46.5 Å². The fourth-order valence-electron chi connectivity index (χ4n) is 2.54. The highest BCUT2D eigenvalue weighted by Gasteiger charge is 2.13. The Morgan fingerprint density at radius 2 is 1.91 bits per heavy atom. The number of phenols is 1. The Bertz CT molecular complexity index is 826. The third kappa shape index (κ3) is 2.79. The van der Waals surface area contributed by atoms with Gasteiger partial charge in [-0.15, -0.1) is 15.0 Å². The first kappa shape index (κ1) is 14.9. The largest absolute Gasteiger partial charge is 0.505 e. The molecule has 1 aromatic heterocycles. The van der Waals surface area contributed by atoms with E-state index in [2.05, 4.69) is 17.1 Å². The summed E-state index contributed by atoms with van der Waals surface area (Å²) in [4.78, 5) is 1.48. The minimum Gasteiger partial charge on any atom is -0.505 e. The number of rotatable bonds is 4. The second-order valence-corrected chi connectivity index (χ2v) is 5.95. The Kier molecular flexibility index (Phi) is 4.03. The zero-order chi connectivity index (χ0) is 15.7. The van der Waals surface area contributed by atoms with Crippen molar-refractivity contribution in [2.45, 2.75) is 33.1 Å². The maximum atomic E-state index is 10.5. The summed E-state index contributed by atoms with van der Waals surface area (Å²) in [6.45, 7) is 4.15. The van der Waals surface area contributed by atoms with Gasteiger partial charge in [0.2, 0.25) is 0 Å². The van der Waals surface area contributed by atoms with Crippen molar-refractivity contribution in [2.75, 3.05) is 0 Å². The number of aromatic nitrogens is 3. The van der Waals surface area contributed by atoms with Gasteiger partial charge in [0.1, 0.15) is 22.5 Å². The molecule has 0 aliphatic heterocycles. The monoisotopic (exact) mass is 315 g/mol. The first-order valence-electron chi connectivity index (χ1n) is 7.44. The number of hydrogen-bond donors (Lipinski definition) is 1. The zero-order valence-electron chi connectivity index (χ0n) is 12.7. The molecule has 4 nitrogen and oxygen atoms in total. The van der Waals surface area contributed by atoms with Crippen LogP contribution in [0.1, 0.15) is 30.9 Å². The highest BCUT2D eigenvalue weighted by Crippen LogP contribution is 2.29. The summed E-state index contributed by atoms with van der Waals surface area (Å²) in [5.74, 6) is 0.255. The van der Waals surface area contributed by atoms with E-state index in [0.717, 1.165) is 35.9 Å². The second-order valence-electron chi connectivity index (χ2n) is 5.52. The van der Waals surface area contributed by atoms with Crippen LogP contribution in [0.2, 0.25) is 5.02 Å². The number of aryl methyl sites for hydroxylation is 2. The molecule has 0 aliphatic carbocycles. The van der Waals surface area contributed by atoms with E-state index in [1.54, 1.807) is 12.1 Å². The molecule has 0 unspecified atom stereocenters. The van der Waals surface area contributed by atoms with E-state index in [1.807, 2.05) is 25.1 Å². The van der Waals surface area contributed by atoms with Gasteiger partial charge in [-0.25, -0.2) is 0 Å². The molecule has 1 heterocycles. The number of nitrogens with zero attached hydrogens (tertiary/aromatic N) is 3. The highest BCUT2D eigenvalue weighted by atomic mass is 35.5. The van der Waals surface area contributed by atoms with Crippen LogP contribution >= 0.6 is 11.6 Å². The molecule has 2 aromatic carbocycles. The maximum absolute atomic E-state index is 10.5. The van der Waals surface area contributed by atoms with E-state index >= 15 is 0 Å². The van der Waals surface area contributed by atoms with Crippen LogP contribution in [0.3, 0.4) is 0 Å². The van der Waals surface area contributed by atoms with Crippen molar-refractivity contribution >= 4 is 22.6 Å². The third-order valence-corrected chi connectivity index (χ3v) is 3.91. The third-order valence-electron chi connectivity index (χ3n) is 3.67. The summed E-state index contributed by atoms with van der Waals surface area (Å²) < 4.78 is 0. The molecular formula is C17H18ClN3O. The highest BCUT2D eigenvalue weighted by molar-refractivity contribution is 6.31. The summed E-state index contributed by atoms with van der Waals surface area (Å²) in [5, 5.41) is 20.0. The first-order valence-corrected chi connectivity index (χ1v) is 7.81. The van der Waals surface area contributed by atoms with Crippen molar-refractivity contribution in [3.8, 4) is 11.4 Å². The molecule has 5 heteroatoms. The SMILES string of the molecule is CCCCc1cc(C)cc(-n2nc3ccc(Cl)cc3n2)c1O. The Balaban J connectivity index is 2.10. The molecule has 22 heavy (non-hydrogen) atoms.